The molecule has 0 spiro atoms. The summed E-state index contributed by atoms with van der Waals surface area (Å²) in [6, 6.07) is 7.88. The van der Waals surface area contributed by atoms with E-state index >= 15 is 0 Å². The van der Waals surface area contributed by atoms with Crippen LogP contribution in [0, 0.1) is 0 Å². The quantitative estimate of drug-likeness (QED) is 0.909. The molecular formula is C18H28N2O2. The zero-order chi connectivity index (χ0) is 16.1. The molecule has 0 bridgehead atoms. The summed E-state index contributed by atoms with van der Waals surface area (Å²) in [5.41, 5.74) is 1.99. The van der Waals surface area contributed by atoms with E-state index in [-0.39, 0.29) is 18.1 Å². The number of carbonyl (C=O) groups is 1. The van der Waals surface area contributed by atoms with Crippen LogP contribution in [0.3, 0.4) is 0 Å². The minimum absolute atomic E-state index is 0.00432. The van der Waals surface area contributed by atoms with E-state index < -0.39 is 0 Å². The van der Waals surface area contributed by atoms with E-state index in [9.17, 15) is 4.79 Å². The minimum atomic E-state index is 0.00432. The van der Waals surface area contributed by atoms with E-state index in [0.29, 0.717) is 12.5 Å². The number of rotatable bonds is 5. The Balaban J connectivity index is 1.77. The van der Waals surface area contributed by atoms with Gasteiger partial charge in [0, 0.05) is 31.7 Å². The first-order chi connectivity index (χ1) is 10.5. The molecule has 1 saturated heterocycles. The Morgan fingerprint density at radius 1 is 1.23 bits per heavy atom. The van der Waals surface area contributed by atoms with Crippen molar-refractivity contribution in [3.8, 4) is 0 Å². The molecule has 4 heteroatoms. The molecule has 122 valence electrons. The zero-order valence-electron chi connectivity index (χ0n) is 14.1. The van der Waals surface area contributed by atoms with Crippen LogP contribution in [0.2, 0.25) is 0 Å². The Hall–Kier alpha value is -1.39. The summed E-state index contributed by atoms with van der Waals surface area (Å²) in [6.45, 7) is 11.9. The van der Waals surface area contributed by atoms with E-state index in [1.807, 2.05) is 24.3 Å². The second-order valence-corrected chi connectivity index (χ2v) is 6.55. The average Bonchev–Trinajstić information content (AvgIpc) is 2.46. The number of hydrogen-bond donors (Lipinski definition) is 1. The molecule has 0 saturated carbocycles. The fourth-order valence-electron chi connectivity index (χ4n) is 2.92. The molecule has 2 unspecified atom stereocenters. The highest BCUT2D eigenvalue weighted by atomic mass is 16.5. The van der Waals surface area contributed by atoms with Gasteiger partial charge in [0.25, 0.3) is 5.91 Å². The highest BCUT2D eigenvalue weighted by Gasteiger charge is 2.21. The largest absolute Gasteiger partial charge is 0.373 e. The second kappa shape index (κ2) is 7.75. The lowest BCUT2D eigenvalue weighted by Gasteiger charge is -2.35. The van der Waals surface area contributed by atoms with Crippen molar-refractivity contribution in [1.82, 2.24) is 10.2 Å². The SMILES string of the molecule is CC1CN(CCNC(=O)c2ccc(C(C)C)cc2)CC(C)O1. The van der Waals surface area contributed by atoms with E-state index in [2.05, 4.69) is 37.9 Å². The Morgan fingerprint density at radius 3 is 2.36 bits per heavy atom. The van der Waals surface area contributed by atoms with E-state index in [1.165, 1.54) is 5.56 Å². The topological polar surface area (TPSA) is 41.6 Å². The Morgan fingerprint density at radius 2 is 1.82 bits per heavy atom. The van der Waals surface area contributed by atoms with Crippen LogP contribution in [0.1, 0.15) is 49.5 Å². The maximum Gasteiger partial charge on any atom is 0.251 e. The molecule has 0 aliphatic carbocycles. The highest BCUT2D eigenvalue weighted by molar-refractivity contribution is 5.94. The van der Waals surface area contributed by atoms with Gasteiger partial charge in [-0.3, -0.25) is 9.69 Å². The van der Waals surface area contributed by atoms with Crippen molar-refractivity contribution in [2.24, 2.45) is 0 Å². The van der Waals surface area contributed by atoms with Gasteiger partial charge in [0.1, 0.15) is 0 Å². The van der Waals surface area contributed by atoms with Gasteiger partial charge in [-0.2, -0.15) is 0 Å². The summed E-state index contributed by atoms with van der Waals surface area (Å²) in [4.78, 5) is 14.5. The van der Waals surface area contributed by atoms with Crippen LogP contribution < -0.4 is 5.32 Å². The molecule has 1 aromatic rings. The van der Waals surface area contributed by atoms with Crippen LogP contribution in [0.4, 0.5) is 0 Å². The van der Waals surface area contributed by atoms with Crippen molar-refractivity contribution in [1.29, 1.82) is 0 Å². The monoisotopic (exact) mass is 304 g/mol. The van der Waals surface area contributed by atoms with Gasteiger partial charge in [0.2, 0.25) is 0 Å². The third-order valence-electron chi connectivity index (χ3n) is 4.05. The van der Waals surface area contributed by atoms with Crippen LogP contribution in [0.15, 0.2) is 24.3 Å². The fourth-order valence-corrected chi connectivity index (χ4v) is 2.92. The second-order valence-electron chi connectivity index (χ2n) is 6.55. The molecule has 1 heterocycles. The lowest BCUT2D eigenvalue weighted by molar-refractivity contribution is -0.0672. The number of carbonyl (C=O) groups excluding carboxylic acids is 1. The van der Waals surface area contributed by atoms with Crippen molar-refractivity contribution >= 4 is 5.91 Å². The van der Waals surface area contributed by atoms with Crippen LogP contribution in [0.25, 0.3) is 0 Å². The maximum absolute atomic E-state index is 12.1. The summed E-state index contributed by atoms with van der Waals surface area (Å²) in [5.74, 6) is 0.493. The molecule has 1 N–H and O–H groups in total. The Kier molecular flexibility index (Phi) is 5.98. The summed E-state index contributed by atoms with van der Waals surface area (Å²) >= 11 is 0. The lowest BCUT2D eigenvalue weighted by Crippen LogP contribution is -2.47. The van der Waals surface area contributed by atoms with E-state index in [0.717, 1.165) is 25.2 Å². The van der Waals surface area contributed by atoms with Crippen molar-refractivity contribution < 1.29 is 9.53 Å². The smallest absolute Gasteiger partial charge is 0.251 e. The van der Waals surface area contributed by atoms with Gasteiger partial charge >= 0.3 is 0 Å². The number of hydrogen-bond acceptors (Lipinski definition) is 3. The summed E-state index contributed by atoms with van der Waals surface area (Å²) < 4.78 is 5.71. The molecule has 1 amide bonds. The number of benzene rings is 1. The van der Waals surface area contributed by atoms with Gasteiger partial charge in [0.05, 0.1) is 12.2 Å². The zero-order valence-corrected chi connectivity index (χ0v) is 14.1. The van der Waals surface area contributed by atoms with Gasteiger partial charge < -0.3 is 10.1 Å². The van der Waals surface area contributed by atoms with Crippen molar-refractivity contribution in [2.75, 3.05) is 26.2 Å². The molecular weight excluding hydrogens is 276 g/mol. The third kappa shape index (κ3) is 4.82. The fraction of sp³-hybridized carbons (Fsp3) is 0.611. The molecule has 1 aliphatic heterocycles. The molecule has 4 nitrogen and oxygen atoms in total. The Bertz CT molecular complexity index is 474. The van der Waals surface area contributed by atoms with Crippen LogP contribution in [-0.2, 0) is 4.74 Å². The number of amides is 1. The first-order valence-corrected chi connectivity index (χ1v) is 8.21. The third-order valence-corrected chi connectivity index (χ3v) is 4.05. The summed E-state index contributed by atoms with van der Waals surface area (Å²) in [6.07, 6.45) is 0.533. The van der Waals surface area contributed by atoms with Gasteiger partial charge in [-0.15, -0.1) is 0 Å². The molecule has 2 atom stereocenters. The maximum atomic E-state index is 12.1. The molecule has 2 rings (SSSR count). The highest BCUT2D eigenvalue weighted by Crippen LogP contribution is 2.14. The minimum Gasteiger partial charge on any atom is -0.373 e. The van der Waals surface area contributed by atoms with Gasteiger partial charge in [-0.25, -0.2) is 0 Å². The van der Waals surface area contributed by atoms with Crippen LogP contribution >= 0.6 is 0 Å². The molecule has 1 aromatic carbocycles. The first-order valence-electron chi connectivity index (χ1n) is 8.21. The van der Waals surface area contributed by atoms with Crippen molar-refractivity contribution in [3.63, 3.8) is 0 Å². The van der Waals surface area contributed by atoms with Crippen LogP contribution in [-0.4, -0.2) is 49.2 Å². The van der Waals surface area contributed by atoms with E-state index in [4.69, 9.17) is 4.74 Å². The predicted molar refractivity (Wildman–Crippen MR) is 89.3 cm³/mol. The summed E-state index contributed by atoms with van der Waals surface area (Å²) in [7, 11) is 0. The molecule has 0 aromatic heterocycles. The van der Waals surface area contributed by atoms with Gasteiger partial charge in [-0.1, -0.05) is 26.0 Å². The van der Waals surface area contributed by atoms with Crippen LogP contribution in [0.5, 0.6) is 0 Å². The molecule has 1 aliphatic rings. The average molecular weight is 304 g/mol. The molecule has 1 fully saturated rings. The molecule has 0 radical (unpaired) electrons. The lowest BCUT2D eigenvalue weighted by atomic mass is 10.0. The van der Waals surface area contributed by atoms with E-state index in [1.54, 1.807) is 0 Å². The Labute approximate surface area is 133 Å². The number of nitrogens with zero attached hydrogens (tertiary/aromatic N) is 1. The van der Waals surface area contributed by atoms with Crippen molar-refractivity contribution in [3.05, 3.63) is 35.4 Å². The van der Waals surface area contributed by atoms with Crippen molar-refractivity contribution in [2.45, 2.75) is 45.8 Å². The number of ether oxygens (including phenoxy) is 1. The molecule has 22 heavy (non-hydrogen) atoms. The number of nitrogens with one attached hydrogen (secondary N) is 1. The number of morpholine rings is 1. The normalized spacial score (nSPS) is 22.8. The predicted octanol–water partition coefficient (Wildman–Crippen LogP) is 2.65. The standard InChI is InChI=1S/C18H28N2O2/c1-13(2)16-5-7-17(8-6-16)18(21)19-9-10-20-11-14(3)22-15(4)12-20/h5-8,13-15H,9-12H2,1-4H3,(H,19,21). The van der Waals surface area contributed by atoms with Gasteiger partial charge in [-0.05, 0) is 37.5 Å². The van der Waals surface area contributed by atoms with Gasteiger partial charge in [0.15, 0.2) is 0 Å². The summed E-state index contributed by atoms with van der Waals surface area (Å²) in [5, 5.41) is 3.00. The first kappa shape index (κ1) is 17.0.